The van der Waals surface area contributed by atoms with E-state index in [0.717, 1.165) is 32.8 Å². The number of aryl methyl sites for hydroxylation is 3. The van der Waals surface area contributed by atoms with E-state index in [1.807, 2.05) is 19.1 Å². The minimum absolute atomic E-state index is 0.761. The minimum atomic E-state index is 0.761. The van der Waals surface area contributed by atoms with E-state index in [0.29, 0.717) is 0 Å². The summed E-state index contributed by atoms with van der Waals surface area (Å²) in [6.45, 7) is 8.21. The first-order valence-corrected chi connectivity index (χ1v) is 6.99. The average Bonchev–Trinajstić information content (AvgIpc) is 2.32. The lowest BCUT2D eigenvalue weighted by atomic mass is 10.1. The number of halogens is 1. The zero-order valence-electron chi connectivity index (χ0n) is 11.7. The fourth-order valence-electron chi connectivity index (χ4n) is 1.97. The lowest BCUT2D eigenvalue weighted by molar-refractivity contribution is 0.474. The summed E-state index contributed by atoms with van der Waals surface area (Å²) in [6.07, 6.45) is 0. The van der Waals surface area contributed by atoms with Gasteiger partial charge < -0.3 is 10.5 Å². The van der Waals surface area contributed by atoms with Crippen LogP contribution in [-0.4, -0.2) is 0 Å². The molecule has 2 nitrogen and oxygen atoms in total. The van der Waals surface area contributed by atoms with E-state index in [1.165, 1.54) is 11.1 Å². The van der Waals surface area contributed by atoms with Crippen LogP contribution < -0.4 is 10.5 Å². The van der Waals surface area contributed by atoms with Crippen LogP contribution >= 0.6 is 15.9 Å². The van der Waals surface area contributed by atoms with Gasteiger partial charge >= 0.3 is 0 Å². The summed E-state index contributed by atoms with van der Waals surface area (Å²) < 4.78 is 6.90. The Kier molecular flexibility index (Phi) is 3.85. The van der Waals surface area contributed by atoms with Crippen LogP contribution in [-0.2, 0) is 0 Å². The standard InChI is InChI=1S/C16H18BrNO/c1-9-5-10(2)12(4)15(6-9)19-16-7-11(3)14(18)8-13(16)17/h5-8H,18H2,1-4H3. The molecule has 0 unspecified atom stereocenters. The number of nitrogens with two attached hydrogens (primary N) is 1. The van der Waals surface area contributed by atoms with Gasteiger partial charge in [-0.1, -0.05) is 6.07 Å². The molecule has 0 saturated carbocycles. The molecule has 2 rings (SSSR count). The van der Waals surface area contributed by atoms with Crippen molar-refractivity contribution >= 4 is 21.6 Å². The average molecular weight is 320 g/mol. The molecular formula is C16H18BrNO. The van der Waals surface area contributed by atoms with Crippen molar-refractivity contribution in [3.63, 3.8) is 0 Å². The van der Waals surface area contributed by atoms with E-state index in [9.17, 15) is 0 Å². The Morgan fingerprint density at radius 1 is 0.895 bits per heavy atom. The molecule has 0 aliphatic rings. The van der Waals surface area contributed by atoms with Crippen LogP contribution in [0.5, 0.6) is 11.5 Å². The predicted molar refractivity (Wildman–Crippen MR) is 84.0 cm³/mol. The second kappa shape index (κ2) is 5.25. The van der Waals surface area contributed by atoms with Gasteiger partial charge in [0.05, 0.1) is 4.47 Å². The van der Waals surface area contributed by atoms with Crippen molar-refractivity contribution in [1.29, 1.82) is 0 Å². The van der Waals surface area contributed by atoms with Crippen molar-refractivity contribution in [3.05, 3.63) is 51.0 Å². The highest BCUT2D eigenvalue weighted by Crippen LogP contribution is 2.35. The third kappa shape index (κ3) is 2.92. The second-order valence-electron chi connectivity index (χ2n) is 4.95. The van der Waals surface area contributed by atoms with Crippen LogP contribution in [0.4, 0.5) is 5.69 Å². The summed E-state index contributed by atoms with van der Waals surface area (Å²) in [7, 11) is 0. The van der Waals surface area contributed by atoms with Crippen molar-refractivity contribution < 1.29 is 4.74 Å². The Labute approximate surface area is 122 Å². The van der Waals surface area contributed by atoms with Gasteiger partial charge in [0.1, 0.15) is 11.5 Å². The van der Waals surface area contributed by atoms with Crippen molar-refractivity contribution in [2.45, 2.75) is 27.7 Å². The maximum Gasteiger partial charge on any atom is 0.142 e. The van der Waals surface area contributed by atoms with Gasteiger partial charge in [0, 0.05) is 5.69 Å². The van der Waals surface area contributed by atoms with Crippen molar-refractivity contribution in [1.82, 2.24) is 0 Å². The molecule has 2 aromatic rings. The van der Waals surface area contributed by atoms with Crippen LogP contribution in [0.1, 0.15) is 22.3 Å². The zero-order valence-corrected chi connectivity index (χ0v) is 13.3. The molecule has 100 valence electrons. The van der Waals surface area contributed by atoms with Gasteiger partial charge in [0.15, 0.2) is 0 Å². The quantitative estimate of drug-likeness (QED) is 0.785. The Hall–Kier alpha value is -1.48. The van der Waals surface area contributed by atoms with Crippen LogP contribution in [0.2, 0.25) is 0 Å². The van der Waals surface area contributed by atoms with E-state index in [4.69, 9.17) is 10.5 Å². The Morgan fingerprint density at radius 2 is 1.58 bits per heavy atom. The molecule has 2 N–H and O–H groups in total. The maximum absolute atomic E-state index is 6.03. The third-order valence-corrected chi connectivity index (χ3v) is 3.92. The molecule has 0 fully saturated rings. The molecule has 3 heteroatoms. The molecule has 0 radical (unpaired) electrons. The minimum Gasteiger partial charge on any atom is -0.456 e. The van der Waals surface area contributed by atoms with Gasteiger partial charge in [-0.3, -0.25) is 0 Å². The SMILES string of the molecule is Cc1cc(C)c(C)c(Oc2cc(C)c(N)cc2Br)c1. The molecule has 0 aliphatic heterocycles. The van der Waals surface area contributed by atoms with Crippen LogP contribution in [0.15, 0.2) is 28.7 Å². The Morgan fingerprint density at radius 3 is 2.26 bits per heavy atom. The largest absolute Gasteiger partial charge is 0.456 e. The first-order chi connectivity index (χ1) is 8.88. The molecule has 0 heterocycles. The summed E-state index contributed by atoms with van der Waals surface area (Å²) in [5.74, 6) is 1.68. The first kappa shape index (κ1) is 13.9. The molecule has 0 amide bonds. The van der Waals surface area contributed by atoms with E-state index in [2.05, 4.69) is 48.8 Å². The van der Waals surface area contributed by atoms with Crippen molar-refractivity contribution in [2.24, 2.45) is 0 Å². The number of benzene rings is 2. The molecular weight excluding hydrogens is 302 g/mol. The molecule has 0 saturated heterocycles. The summed E-state index contributed by atoms with van der Waals surface area (Å²) >= 11 is 3.50. The summed E-state index contributed by atoms with van der Waals surface area (Å²) in [5.41, 5.74) is 11.2. The highest BCUT2D eigenvalue weighted by molar-refractivity contribution is 9.10. The number of ether oxygens (including phenoxy) is 1. The number of rotatable bonds is 2. The molecule has 0 aliphatic carbocycles. The van der Waals surface area contributed by atoms with Crippen molar-refractivity contribution in [3.8, 4) is 11.5 Å². The lowest BCUT2D eigenvalue weighted by Gasteiger charge is -2.14. The molecule has 0 atom stereocenters. The maximum atomic E-state index is 6.03. The number of nitrogen functional groups attached to an aromatic ring is 1. The van der Waals surface area contributed by atoms with Gasteiger partial charge in [-0.2, -0.15) is 0 Å². The zero-order chi connectivity index (χ0) is 14.2. The Bertz CT molecular complexity index is 635. The van der Waals surface area contributed by atoms with Gasteiger partial charge in [-0.25, -0.2) is 0 Å². The summed E-state index contributed by atoms with van der Waals surface area (Å²) in [5, 5.41) is 0. The number of hydrogen-bond donors (Lipinski definition) is 1. The second-order valence-corrected chi connectivity index (χ2v) is 5.80. The highest BCUT2D eigenvalue weighted by Gasteiger charge is 2.09. The van der Waals surface area contributed by atoms with Crippen molar-refractivity contribution in [2.75, 3.05) is 5.73 Å². The fourth-order valence-corrected chi connectivity index (χ4v) is 2.42. The van der Waals surface area contributed by atoms with E-state index >= 15 is 0 Å². The summed E-state index contributed by atoms with van der Waals surface area (Å²) in [4.78, 5) is 0. The van der Waals surface area contributed by atoms with Crippen LogP contribution in [0.25, 0.3) is 0 Å². The van der Waals surface area contributed by atoms with Gasteiger partial charge in [0.2, 0.25) is 0 Å². The van der Waals surface area contributed by atoms with Gasteiger partial charge in [-0.05, 0) is 84.1 Å². The molecule has 0 bridgehead atoms. The molecule has 0 aromatic heterocycles. The van der Waals surface area contributed by atoms with Crippen LogP contribution in [0.3, 0.4) is 0 Å². The van der Waals surface area contributed by atoms with Gasteiger partial charge in [0.25, 0.3) is 0 Å². The Balaban J connectivity index is 2.44. The van der Waals surface area contributed by atoms with E-state index in [-0.39, 0.29) is 0 Å². The molecule has 2 aromatic carbocycles. The lowest BCUT2D eigenvalue weighted by Crippen LogP contribution is -1.95. The van der Waals surface area contributed by atoms with E-state index in [1.54, 1.807) is 0 Å². The number of hydrogen-bond acceptors (Lipinski definition) is 2. The fraction of sp³-hybridized carbons (Fsp3) is 0.250. The highest BCUT2D eigenvalue weighted by atomic mass is 79.9. The normalized spacial score (nSPS) is 10.6. The van der Waals surface area contributed by atoms with E-state index < -0.39 is 0 Å². The number of anilines is 1. The molecule has 0 spiro atoms. The predicted octanol–water partition coefficient (Wildman–Crippen LogP) is 5.06. The van der Waals surface area contributed by atoms with Gasteiger partial charge in [-0.15, -0.1) is 0 Å². The molecule has 19 heavy (non-hydrogen) atoms. The smallest absolute Gasteiger partial charge is 0.142 e. The topological polar surface area (TPSA) is 35.2 Å². The van der Waals surface area contributed by atoms with Crippen LogP contribution in [0, 0.1) is 27.7 Å². The third-order valence-electron chi connectivity index (χ3n) is 3.30. The first-order valence-electron chi connectivity index (χ1n) is 6.20. The summed E-state index contributed by atoms with van der Waals surface area (Å²) in [6, 6.07) is 8.05. The monoisotopic (exact) mass is 319 g/mol.